The number of Topliss-reactive ketones (excluding diaryl/α,β-unsaturated/α-hetero) is 3. The third-order valence-electron chi connectivity index (χ3n) is 16.7. The minimum atomic E-state index is -4.42. The van der Waals surface area contributed by atoms with Crippen LogP contribution in [0.25, 0.3) is 33.4 Å². The maximum Gasteiger partial charge on any atom is 0.416 e. The maximum absolute atomic E-state index is 13.2. The summed E-state index contributed by atoms with van der Waals surface area (Å²) in [5, 5.41) is 0.786. The second-order valence-corrected chi connectivity index (χ2v) is 27.4. The Kier molecular flexibility index (Phi) is 24.5. The van der Waals surface area contributed by atoms with Gasteiger partial charge in [-0.25, -0.2) is 9.59 Å². The van der Waals surface area contributed by atoms with Gasteiger partial charge in [-0.05, 0) is 194 Å². The van der Waals surface area contributed by atoms with Gasteiger partial charge in [0, 0.05) is 73.0 Å². The molecule has 8 nitrogen and oxygen atoms in total. The van der Waals surface area contributed by atoms with Crippen LogP contribution in [-0.2, 0) is 70.2 Å². The highest BCUT2D eigenvalue weighted by Crippen LogP contribution is 2.42. The molecule has 2 atom stereocenters. The molecule has 4 aliphatic rings. The first-order valence-electron chi connectivity index (χ1n) is 30.9. The maximum atomic E-state index is 13.2. The molecule has 0 bridgehead atoms. The molecular weight excluding hydrogens is 1380 g/mol. The fourth-order valence-electron chi connectivity index (χ4n) is 11.9. The number of carbonyl (C=O) groups excluding carboxylic acids is 5. The molecule has 1 saturated heterocycles. The van der Waals surface area contributed by atoms with E-state index in [2.05, 4.69) is 32.8 Å². The van der Waals surface area contributed by atoms with Crippen LogP contribution in [-0.4, -0.2) is 56.7 Å². The number of esters is 2. The van der Waals surface area contributed by atoms with Gasteiger partial charge in [0.2, 0.25) is 0 Å². The van der Waals surface area contributed by atoms with E-state index in [4.69, 9.17) is 9.47 Å². The van der Waals surface area contributed by atoms with E-state index in [0.29, 0.717) is 80.8 Å². The molecule has 0 spiro atoms. The molecule has 0 radical (unpaired) electrons. The Bertz CT molecular complexity index is 4220. The fourth-order valence-corrected chi connectivity index (χ4v) is 15.2. The minimum absolute atomic E-state index is 0.0110. The highest BCUT2D eigenvalue weighted by atomic mass is 79.9. The molecule has 0 N–H and O–H groups in total. The number of methoxy groups -OCH3 is 2. The average Bonchev–Trinajstić information content (AvgIpc) is 1.10. The molecular formula is C75H66BrF9O8S3. The molecule has 96 heavy (non-hydrogen) atoms. The Balaban J connectivity index is 0.000000153. The summed E-state index contributed by atoms with van der Waals surface area (Å²) in [6.45, 7) is 4.05. The third-order valence-corrected chi connectivity index (χ3v) is 20.8. The lowest BCUT2D eigenvalue weighted by molar-refractivity contribution is -0.138. The second kappa shape index (κ2) is 32.5. The smallest absolute Gasteiger partial charge is 0.416 e. The SMILES string of the molecule is C1CCOC1.COC(=O)c1ccc(CBr)s1.COC(=O)c1ccc(CC2CCc3c(cccc3-c3cccc(C(F)(F)F)c3)C2=O)s1.Cc1ccc(CC2CCc3c(cccc3-c3cccc(C(F)(F)F)c3)C2=O)s1.O=C1CCCc2c1cccc2-c1cccc(C(F)(F)F)c1. The third kappa shape index (κ3) is 18.4. The van der Waals surface area contributed by atoms with E-state index in [1.54, 1.807) is 90.2 Å². The monoisotopic (exact) mass is 1440 g/mol. The Morgan fingerprint density at radius 2 is 0.833 bits per heavy atom. The van der Waals surface area contributed by atoms with Gasteiger partial charge in [0.05, 0.1) is 30.9 Å². The van der Waals surface area contributed by atoms with Gasteiger partial charge < -0.3 is 14.2 Å². The van der Waals surface area contributed by atoms with Crippen molar-refractivity contribution in [3.63, 3.8) is 0 Å². The van der Waals surface area contributed by atoms with E-state index in [1.807, 2.05) is 25.1 Å². The number of aryl methyl sites for hydroxylation is 1. The van der Waals surface area contributed by atoms with Crippen LogP contribution in [0, 0.1) is 18.8 Å². The number of rotatable bonds is 10. The minimum Gasteiger partial charge on any atom is -0.465 e. The summed E-state index contributed by atoms with van der Waals surface area (Å²) < 4.78 is 131. The van der Waals surface area contributed by atoms with Crippen LogP contribution in [0.15, 0.2) is 164 Å². The first kappa shape index (κ1) is 72.4. The molecule has 13 rings (SSSR count). The van der Waals surface area contributed by atoms with Crippen LogP contribution in [0.1, 0.15) is 142 Å². The molecule has 0 amide bonds. The summed E-state index contributed by atoms with van der Waals surface area (Å²) in [7, 11) is 2.71. The first-order valence-corrected chi connectivity index (χ1v) is 34.4. The first-order chi connectivity index (χ1) is 45.8. The number of ether oxygens (including phenoxy) is 3. The number of benzene rings is 6. The molecule has 1 fully saturated rings. The highest BCUT2D eigenvalue weighted by molar-refractivity contribution is 9.08. The molecule has 1 aliphatic heterocycles. The zero-order valence-corrected chi connectivity index (χ0v) is 56.4. The van der Waals surface area contributed by atoms with E-state index >= 15 is 0 Å². The van der Waals surface area contributed by atoms with Crippen molar-refractivity contribution < 1.29 is 77.7 Å². The topological polar surface area (TPSA) is 113 Å². The van der Waals surface area contributed by atoms with Crippen molar-refractivity contribution in [3.8, 4) is 33.4 Å². The number of carbonyl (C=O) groups is 5. The summed E-state index contributed by atoms with van der Waals surface area (Å²) in [4.78, 5) is 66.3. The van der Waals surface area contributed by atoms with E-state index in [9.17, 15) is 63.5 Å². The summed E-state index contributed by atoms with van der Waals surface area (Å²) in [5.41, 5.74) is 5.95. The van der Waals surface area contributed by atoms with Crippen molar-refractivity contribution in [3.05, 3.63) is 243 Å². The lowest BCUT2D eigenvalue weighted by atomic mass is 9.78. The molecule has 4 heterocycles. The van der Waals surface area contributed by atoms with Crippen molar-refractivity contribution in [1.82, 2.24) is 0 Å². The van der Waals surface area contributed by atoms with Gasteiger partial charge in [0.25, 0.3) is 0 Å². The van der Waals surface area contributed by atoms with Gasteiger partial charge >= 0.3 is 30.5 Å². The van der Waals surface area contributed by atoms with E-state index in [-0.39, 0.29) is 35.2 Å². The standard InChI is InChI=1S/C24H19F3O3S.C23H19F3OS.C17H13F3O.C7H7BrO2S.C4H8O/c1-30-23(29)21-11-9-17(31-21)13-15-8-10-19-18(6-3-7-20(19)22(15)28)14-4-2-5-16(12-14)24(25,26)27;1-14-8-10-18(28-14)13-16-9-11-20-19(6-3-7-21(20)22(16)27)15-4-2-5-17(12-15)23(24,25)26;18-17(19,20)12-5-1-4-11(10-12)13-6-2-8-15-14(13)7-3-9-16(15)21;1-10-7(9)6-3-2-5(4-8)11-6;1-2-4-5-3-1/h2-7,9,11-12,15H,8,10,13H2,1H3;2-8,10,12,16H,9,11,13H2,1H3;1-2,4-6,8,10H,3,7,9H2;2-3H,4H2,1H3;1-4H2. The highest BCUT2D eigenvalue weighted by Gasteiger charge is 2.36. The van der Waals surface area contributed by atoms with Crippen LogP contribution in [0.4, 0.5) is 39.5 Å². The number of hydrogen-bond donors (Lipinski definition) is 0. The number of ketones is 3. The number of fused-ring (bicyclic) bond motifs is 3. The van der Waals surface area contributed by atoms with Gasteiger partial charge in [-0.1, -0.05) is 107 Å². The van der Waals surface area contributed by atoms with Gasteiger partial charge in [0.1, 0.15) is 9.75 Å². The molecule has 9 aromatic rings. The van der Waals surface area contributed by atoms with Crippen molar-refractivity contribution in [2.45, 2.75) is 101 Å². The molecule has 3 aromatic heterocycles. The Hall–Kier alpha value is -7.82. The van der Waals surface area contributed by atoms with Crippen LogP contribution < -0.4 is 0 Å². The molecule has 502 valence electrons. The fraction of sp³-hybridized carbons (Fsp3) is 0.293. The Morgan fingerprint density at radius 1 is 0.458 bits per heavy atom. The molecule has 0 saturated carbocycles. The van der Waals surface area contributed by atoms with Gasteiger partial charge in [-0.2, -0.15) is 39.5 Å². The molecule has 21 heteroatoms. The predicted molar refractivity (Wildman–Crippen MR) is 361 cm³/mol. The predicted octanol–water partition coefficient (Wildman–Crippen LogP) is 21.1. The van der Waals surface area contributed by atoms with Gasteiger partial charge in [-0.3, -0.25) is 14.4 Å². The summed E-state index contributed by atoms with van der Waals surface area (Å²) in [6.07, 6.45) is -4.74. The summed E-state index contributed by atoms with van der Waals surface area (Å²) in [6, 6.07) is 43.0. The lowest BCUT2D eigenvalue weighted by Crippen LogP contribution is -2.24. The number of alkyl halides is 10. The van der Waals surface area contributed by atoms with Gasteiger partial charge in [-0.15, -0.1) is 34.0 Å². The Labute approximate surface area is 570 Å². The van der Waals surface area contributed by atoms with Crippen molar-refractivity contribution >= 4 is 79.2 Å². The van der Waals surface area contributed by atoms with Crippen LogP contribution in [0.5, 0.6) is 0 Å². The lowest BCUT2D eigenvalue weighted by Gasteiger charge is -2.25. The van der Waals surface area contributed by atoms with Crippen LogP contribution >= 0.6 is 49.9 Å². The number of halogens is 10. The zero-order valence-electron chi connectivity index (χ0n) is 52.4. The second-order valence-electron chi connectivity index (χ2n) is 23.1. The van der Waals surface area contributed by atoms with E-state index in [1.165, 1.54) is 83.8 Å². The summed E-state index contributed by atoms with van der Waals surface area (Å²) >= 11 is 7.77. The molecule has 3 aliphatic carbocycles. The quantitative estimate of drug-likeness (QED) is 0.0756. The molecule has 6 aromatic carbocycles. The molecule has 2 unspecified atom stereocenters. The van der Waals surface area contributed by atoms with Crippen molar-refractivity contribution in [2.24, 2.45) is 11.8 Å². The average molecular weight is 1440 g/mol. The van der Waals surface area contributed by atoms with Crippen molar-refractivity contribution in [2.75, 3.05) is 27.4 Å². The van der Waals surface area contributed by atoms with Crippen LogP contribution in [0.2, 0.25) is 0 Å². The van der Waals surface area contributed by atoms with Gasteiger partial charge in [0.15, 0.2) is 17.3 Å². The van der Waals surface area contributed by atoms with E-state index < -0.39 is 41.2 Å². The largest absolute Gasteiger partial charge is 0.465 e. The van der Waals surface area contributed by atoms with E-state index in [0.717, 1.165) is 112 Å². The Morgan fingerprint density at radius 3 is 1.21 bits per heavy atom. The number of thiophene rings is 3. The number of hydrogen-bond acceptors (Lipinski definition) is 11. The van der Waals surface area contributed by atoms with Crippen LogP contribution in [0.3, 0.4) is 0 Å². The van der Waals surface area contributed by atoms with Crippen molar-refractivity contribution in [1.29, 1.82) is 0 Å². The zero-order chi connectivity index (χ0) is 68.9. The summed E-state index contributed by atoms with van der Waals surface area (Å²) in [5.74, 6) is -0.797. The normalized spacial score (nSPS) is 15.7.